The Hall–Kier alpha value is -1.21. The van der Waals surface area contributed by atoms with E-state index < -0.39 is 5.97 Å². The number of nitrogens with one attached hydrogen (secondary N) is 2. The number of carbonyl (C=O) groups is 2. The predicted molar refractivity (Wildman–Crippen MR) is 76.5 cm³/mol. The molecule has 0 aliphatic heterocycles. The van der Waals surface area contributed by atoms with Crippen molar-refractivity contribution in [2.75, 3.05) is 23.9 Å². The Morgan fingerprint density at radius 3 is 2.72 bits per heavy atom. The summed E-state index contributed by atoms with van der Waals surface area (Å²) in [6, 6.07) is 4.17. The Bertz CT molecular complexity index is 454. The first-order valence-corrected chi connectivity index (χ1v) is 7.29. The molecule has 1 aromatic rings. The Morgan fingerprint density at radius 2 is 2.11 bits per heavy atom. The fourth-order valence-electron chi connectivity index (χ4n) is 1.23. The molecule has 0 atom stereocenters. The monoisotopic (exact) mass is 332 g/mol. The average Bonchev–Trinajstić information content (AvgIpc) is 2.28. The lowest BCUT2D eigenvalue weighted by molar-refractivity contribution is 0.0697. The molecule has 5 nitrogen and oxygen atoms in total. The topological polar surface area (TPSA) is 78.4 Å². The highest BCUT2D eigenvalue weighted by atomic mass is 79.9. The van der Waals surface area contributed by atoms with Gasteiger partial charge in [0, 0.05) is 22.5 Å². The van der Waals surface area contributed by atoms with Crippen molar-refractivity contribution in [2.45, 2.75) is 0 Å². The lowest BCUT2D eigenvalue weighted by Crippen LogP contribution is -2.30. The number of halogens is 1. The SMILES string of the molecule is CSCCNC(=O)Nc1cc(Br)cc(C(=O)O)c1. The Morgan fingerprint density at radius 1 is 1.39 bits per heavy atom. The van der Waals surface area contributed by atoms with E-state index in [9.17, 15) is 9.59 Å². The van der Waals surface area contributed by atoms with Gasteiger partial charge in [-0.05, 0) is 24.5 Å². The zero-order valence-corrected chi connectivity index (χ0v) is 12.1. The molecule has 0 saturated carbocycles. The number of amides is 2. The van der Waals surface area contributed by atoms with Crippen molar-refractivity contribution in [3.05, 3.63) is 28.2 Å². The largest absolute Gasteiger partial charge is 0.478 e. The van der Waals surface area contributed by atoms with Gasteiger partial charge in [-0.15, -0.1) is 0 Å². The van der Waals surface area contributed by atoms with Crippen molar-refractivity contribution >= 4 is 45.4 Å². The number of benzene rings is 1. The van der Waals surface area contributed by atoms with Crippen LogP contribution in [0.15, 0.2) is 22.7 Å². The third-order valence-corrected chi connectivity index (χ3v) is 3.06. The van der Waals surface area contributed by atoms with Crippen LogP contribution in [0.5, 0.6) is 0 Å². The summed E-state index contributed by atoms with van der Waals surface area (Å²) in [6.07, 6.45) is 1.95. The molecule has 3 N–H and O–H groups in total. The number of carboxylic acid groups (broad SMARTS) is 1. The lowest BCUT2D eigenvalue weighted by Gasteiger charge is -2.08. The minimum absolute atomic E-state index is 0.115. The lowest BCUT2D eigenvalue weighted by atomic mass is 10.2. The minimum Gasteiger partial charge on any atom is -0.478 e. The molecule has 0 unspecified atom stereocenters. The molecule has 0 aliphatic carbocycles. The van der Waals surface area contributed by atoms with Gasteiger partial charge in [0.05, 0.1) is 5.56 Å². The molecule has 0 aromatic heterocycles. The quantitative estimate of drug-likeness (QED) is 0.724. The molecule has 18 heavy (non-hydrogen) atoms. The molecular formula is C11H13BrN2O3S. The van der Waals surface area contributed by atoms with Crippen LogP contribution in [0, 0.1) is 0 Å². The number of carbonyl (C=O) groups excluding carboxylic acids is 1. The van der Waals surface area contributed by atoms with Gasteiger partial charge < -0.3 is 15.7 Å². The van der Waals surface area contributed by atoms with Gasteiger partial charge in [0.25, 0.3) is 0 Å². The second kappa shape index (κ2) is 7.27. The molecule has 2 amide bonds. The summed E-state index contributed by atoms with van der Waals surface area (Å²) in [4.78, 5) is 22.3. The first kappa shape index (κ1) is 14.8. The second-order valence-electron chi connectivity index (χ2n) is 3.41. The summed E-state index contributed by atoms with van der Waals surface area (Å²) in [5.74, 6) is -0.214. The van der Waals surface area contributed by atoms with Crippen molar-refractivity contribution in [2.24, 2.45) is 0 Å². The zero-order chi connectivity index (χ0) is 13.5. The number of rotatable bonds is 5. The van der Waals surface area contributed by atoms with E-state index in [0.717, 1.165) is 5.75 Å². The van der Waals surface area contributed by atoms with Gasteiger partial charge in [-0.3, -0.25) is 0 Å². The molecule has 1 rings (SSSR count). The summed E-state index contributed by atoms with van der Waals surface area (Å²) in [7, 11) is 0. The average molecular weight is 333 g/mol. The molecular weight excluding hydrogens is 320 g/mol. The van der Waals surface area contributed by atoms with Crippen molar-refractivity contribution in [3.8, 4) is 0 Å². The van der Waals surface area contributed by atoms with Crippen LogP contribution in [0.2, 0.25) is 0 Å². The predicted octanol–water partition coefficient (Wildman–Crippen LogP) is 2.63. The maximum atomic E-state index is 11.5. The van der Waals surface area contributed by atoms with E-state index in [1.54, 1.807) is 17.8 Å². The summed E-state index contributed by atoms with van der Waals surface area (Å²) < 4.78 is 0.599. The third kappa shape index (κ3) is 4.97. The standard InChI is InChI=1S/C11H13BrN2O3S/c1-18-3-2-13-11(17)14-9-5-7(10(15)16)4-8(12)6-9/h4-6H,2-3H2,1H3,(H,15,16)(H2,13,14,17). The molecule has 7 heteroatoms. The molecule has 0 radical (unpaired) electrons. The van der Waals surface area contributed by atoms with E-state index in [4.69, 9.17) is 5.11 Å². The summed E-state index contributed by atoms with van der Waals surface area (Å²) in [5, 5.41) is 14.1. The first-order chi connectivity index (χ1) is 8.52. The molecule has 0 bridgehead atoms. The van der Waals surface area contributed by atoms with E-state index in [1.165, 1.54) is 12.1 Å². The van der Waals surface area contributed by atoms with Crippen molar-refractivity contribution < 1.29 is 14.7 Å². The molecule has 0 saturated heterocycles. The number of urea groups is 1. The number of hydrogen-bond donors (Lipinski definition) is 3. The number of aromatic carboxylic acids is 1. The molecule has 0 spiro atoms. The highest BCUT2D eigenvalue weighted by Crippen LogP contribution is 2.19. The van der Waals surface area contributed by atoms with E-state index >= 15 is 0 Å². The molecule has 0 heterocycles. The van der Waals surface area contributed by atoms with Crippen molar-refractivity contribution in [1.29, 1.82) is 0 Å². The molecule has 98 valence electrons. The first-order valence-electron chi connectivity index (χ1n) is 5.10. The van der Waals surface area contributed by atoms with Gasteiger partial charge in [0.15, 0.2) is 0 Å². The normalized spacial score (nSPS) is 9.89. The van der Waals surface area contributed by atoms with Crippen LogP contribution >= 0.6 is 27.7 Å². The number of anilines is 1. The van der Waals surface area contributed by atoms with Crippen molar-refractivity contribution in [3.63, 3.8) is 0 Å². The zero-order valence-electron chi connectivity index (χ0n) is 9.70. The van der Waals surface area contributed by atoms with Crippen LogP contribution < -0.4 is 10.6 Å². The number of hydrogen-bond acceptors (Lipinski definition) is 3. The highest BCUT2D eigenvalue weighted by Gasteiger charge is 2.08. The molecule has 1 aromatic carbocycles. The van der Waals surface area contributed by atoms with E-state index in [0.29, 0.717) is 16.7 Å². The fraction of sp³-hybridized carbons (Fsp3) is 0.273. The van der Waals surface area contributed by atoms with Crippen LogP contribution in [-0.2, 0) is 0 Å². The van der Waals surface area contributed by atoms with Gasteiger partial charge in [-0.1, -0.05) is 15.9 Å². The van der Waals surface area contributed by atoms with Gasteiger partial charge >= 0.3 is 12.0 Å². The van der Waals surface area contributed by atoms with Gasteiger partial charge in [0.1, 0.15) is 0 Å². The summed E-state index contributed by atoms with van der Waals surface area (Å²) >= 11 is 4.83. The second-order valence-corrected chi connectivity index (χ2v) is 5.31. The highest BCUT2D eigenvalue weighted by molar-refractivity contribution is 9.10. The molecule has 0 aliphatic rings. The van der Waals surface area contributed by atoms with Gasteiger partial charge in [-0.2, -0.15) is 11.8 Å². The smallest absolute Gasteiger partial charge is 0.335 e. The van der Waals surface area contributed by atoms with Crippen LogP contribution in [-0.4, -0.2) is 35.7 Å². The number of thioether (sulfide) groups is 1. The maximum absolute atomic E-state index is 11.5. The van der Waals surface area contributed by atoms with Crippen molar-refractivity contribution in [1.82, 2.24) is 5.32 Å². The molecule has 0 fully saturated rings. The van der Waals surface area contributed by atoms with Crippen LogP contribution in [0.3, 0.4) is 0 Å². The van der Waals surface area contributed by atoms with Crippen LogP contribution in [0.4, 0.5) is 10.5 Å². The third-order valence-electron chi connectivity index (χ3n) is 1.99. The summed E-state index contributed by atoms with van der Waals surface area (Å²) in [5.41, 5.74) is 0.548. The van der Waals surface area contributed by atoms with Gasteiger partial charge in [0.2, 0.25) is 0 Å². The minimum atomic E-state index is -1.04. The van der Waals surface area contributed by atoms with E-state index in [1.807, 2.05) is 6.26 Å². The van der Waals surface area contributed by atoms with E-state index in [-0.39, 0.29) is 11.6 Å². The Balaban J connectivity index is 2.66. The maximum Gasteiger partial charge on any atom is 0.335 e. The number of carboxylic acids is 1. The van der Waals surface area contributed by atoms with Crippen LogP contribution in [0.25, 0.3) is 0 Å². The van der Waals surface area contributed by atoms with Gasteiger partial charge in [-0.25, -0.2) is 9.59 Å². The summed E-state index contributed by atoms with van der Waals surface area (Å²) in [6.45, 7) is 0.562. The Labute approximate surface area is 117 Å². The Kier molecular flexibility index (Phi) is 6.00. The van der Waals surface area contributed by atoms with Crippen LogP contribution in [0.1, 0.15) is 10.4 Å². The fourth-order valence-corrected chi connectivity index (χ4v) is 2.03. The van der Waals surface area contributed by atoms with E-state index in [2.05, 4.69) is 26.6 Å².